The maximum Gasteiger partial charge on any atom is 0.412 e. The van der Waals surface area contributed by atoms with Gasteiger partial charge in [-0.15, -0.1) is 11.8 Å². The molecular formula is C22H22N4O3S. The second kappa shape index (κ2) is 9.89. The minimum atomic E-state index is -0.581. The monoisotopic (exact) mass is 422 g/mol. The Hall–Kier alpha value is -3.39. The molecule has 1 aromatic carbocycles. The standard InChI is InChI=1S/C22H22N4O3S/c1-14-9-15(2)11-17(10-14)25-20(27)18-5-4-7-24-21(18)30-13-16-6-8-23-19(12-16)26-22(28)29-3/h4-12H,13H2,1-3H3,(H,25,27)(H,23,26,28). The quantitative estimate of drug-likeness (QED) is 0.554. The summed E-state index contributed by atoms with van der Waals surface area (Å²) in [5.74, 6) is 0.742. The highest BCUT2D eigenvalue weighted by Crippen LogP contribution is 2.26. The molecule has 2 N–H and O–H groups in total. The molecule has 0 unspecified atom stereocenters. The Balaban J connectivity index is 1.72. The summed E-state index contributed by atoms with van der Waals surface area (Å²) in [4.78, 5) is 32.7. The predicted molar refractivity (Wildman–Crippen MR) is 118 cm³/mol. The number of pyridine rings is 2. The number of benzene rings is 1. The van der Waals surface area contributed by atoms with Crippen LogP contribution >= 0.6 is 11.8 Å². The third-order valence-electron chi connectivity index (χ3n) is 4.11. The number of amides is 2. The van der Waals surface area contributed by atoms with Crippen LogP contribution in [0.1, 0.15) is 27.0 Å². The number of carbonyl (C=O) groups is 2. The number of aryl methyl sites for hydroxylation is 2. The lowest BCUT2D eigenvalue weighted by molar-refractivity contribution is 0.102. The highest BCUT2D eigenvalue weighted by molar-refractivity contribution is 7.98. The summed E-state index contributed by atoms with van der Waals surface area (Å²) in [6, 6.07) is 13.0. The van der Waals surface area contributed by atoms with E-state index in [-0.39, 0.29) is 5.91 Å². The number of nitrogens with zero attached hydrogens (tertiary/aromatic N) is 2. The van der Waals surface area contributed by atoms with Crippen LogP contribution in [0.5, 0.6) is 0 Å². The van der Waals surface area contributed by atoms with E-state index in [1.807, 2.05) is 32.0 Å². The van der Waals surface area contributed by atoms with Crippen molar-refractivity contribution in [3.8, 4) is 0 Å². The number of carbonyl (C=O) groups excluding carboxylic acids is 2. The number of ether oxygens (including phenoxy) is 1. The van der Waals surface area contributed by atoms with Gasteiger partial charge in [-0.2, -0.15) is 0 Å². The summed E-state index contributed by atoms with van der Waals surface area (Å²) in [6.07, 6.45) is 2.68. The highest BCUT2D eigenvalue weighted by Gasteiger charge is 2.14. The molecule has 0 saturated carbocycles. The minimum Gasteiger partial charge on any atom is -0.453 e. The molecule has 2 amide bonds. The number of rotatable bonds is 6. The van der Waals surface area contributed by atoms with Crippen LogP contribution in [0, 0.1) is 13.8 Å². The third kappa shape index (κ3) is 5.81. The van der Waals surface area contributed by atoms with E-state index in [0.717, 1.165) is 22.4 Å². The Kier molecular flexibility index (Phi) is 7.03. The first-order chi connectivity index (χ1) is 14.4. The van der Waals surface area contributed by atoms with Gasteiger partial charge in [0.25, 0.3) is 5.91 Å². The molecule has 30 heavy (non-hydrogen) atoms. The predicted octanol–water partition coefficient (Wildman–Crippen LogP) is 4.82. The van der Waals surface area contributed by atoms with Gasteiger partial charge in [-0.1, -0.05) is 6.07 Å². The van der Waals surface area contributed by atoms with Crippen molar-refractivity contribution >= 4 is 35.3 Å². The molecule has 0 aliphatic carbocycles. The zero-order chi connectivity index (χ0) is 21.5. The van der Waals surface area contributed by atoms with Gasteiger partial charge >= 0.3 is 6.09 Å². The molecule has 0 atom stereocenters. The zero-order valence-corrected chi connectivity index (χ0v) is 17.7. The summed E-state index contributed by atoms with van der Waals surface area (Å²) in [7, 11) is 1.29. The SMILES string of the molecule is COC(=O)Nc1cc(CSc2ncccc2C(=O)Nc2cc(C)cc(C)c2)ccn1. The van der Waals surface area contributed by atoms with Crippen molar-refractivity contribution in [2.24, 2.45) is 0 Å². The van der Waals surface area contributed by atoms with E-state index >= 15 is 0 Å². The van der Waals surface area contributed by atoms with Gasteiger partial charge in [0.05, 0.1) is 12.7 Å². The topological polar surface area (TPSA) is 93.2 Å². The molecule has 2 aromatic heterocycles. The number of nitrogens with one attached hydrogen (secondary N) is 2. The normalized spacial score (nSPS) is 10.4. The van der Waals surface area contributed by atoms with E-state index < -0.39 is 6.09 Å². The second-order valence-corrected chi connectivity index (χ2v) is 7.61. The van der Waals surface area contributed by atoms with Crippen molar-refractivity contribution in [3.63, 3.8) is 0 Å². The lowest BCUT2D eigenvalue weighted by atomic mass is 10.1. The van der Waals surface area contributed by atoms with Crippen LogP contribution in [-0.4, -0.2) is 29.1 Å². The Bertz CT molecular complexity index is 1050. The van der Waals surface area contributed by atoms with E-state index in [4.69, 9.17) is 0 Å². The van der Waals surface area contributed by atoms with E-state index in [9.17, 15) is 9.59 Å². The number of anilines is 2. The Morgan fingerprint density at radius 2 is 1.77 bits per heavy atom. The summed E-state index contributed by atoms with van der Waals surface area (Å²) >= 11 is 1.44. The Labute approximate surface area is 179 Å². The van der Waals surface area contributed by atoms with Gasteiger partial charge in [0.2, 0.25) is 0 Å². The smallest absolute Gasteiger partial charge is 0.412 e. The number of hydrogen-bond acceptors (Lipinski definition) is 6. The van der Waals surface area contributed by atoms with Gasteiger partial charge in [-0.25, -0.2) is 14.8 Å². The van der Waals surface area contributed by atoms with Gasteiger partial charge in [0.1, 0.15) is 10.8 Å². The molecule has 0 spiro atoms. The van der Waals surface area contributed by atoms with Crippen molar-refractivity contribution in [2.45, 2.75) is 24.6 Å². The van der Waals surface area contributed by atoms with Crippen molar-refractivity contribution in [3.05, 3.63) is 77.1 Å². The van der Waals surface area contributed by atoms with Crippen LogP contribution in [-0.2, 0) is 10.5 Å². The summed E-state index contributed by atoms with van der Waals surface area (Å²) < 4.78 is 4.58. The van der Waals surface area contributed by atoms with Crippen LogP contribution in [0.25, 0.3) is 0 Å². The van der Waals surface area contributed by atoms with Crippen molar-refractivity contribution < 1.29 is 14.3 Å². The van der Waals surface area contributed by atoms with Crippen LogP contribution < -0.4 is 10.6 Å². The van der Waals surface area contributed by atoms with Gasteiger partial charge in [-0.05, 0) is 66.9 Å². The highest BCUT2D eigenvalue weighted by atomic mass is 32.2. The maximum absolute atomic E-state index is 12.8. The van der Waals surface area contributed by atoms with Gasteiger partial charge in [0.15, 0.2) is 0 Å². The van der Waals surface area contributed by atoms with Crippen LogP contribution in [0.4, 0.5) is 16.3 Å². The summed E-state index contributed by atoms with van der Waals surface area (Å²) in [6.45, 7) is 3.98. The molecule has 3 rings (SSSR count). The average molecular weight is 423 g/mol. The molecule has 154 valence electrons. The molecule has 0 bridgehead atoms. The number of thioether (sulfide) groups is 1. The minimum absolute atomic E-state index is 0.210. The lowest BCUT2D eigenvalue weighted by Crippen LogP contribution is -2.14. The number of hydrogen-bond donors (Lipinski definition) is 2. The fourth-order valence-corrected chi connectivity index (χ4v) is 3.80. The van der Waals surface area contributed by atoms with Gasteiger partial charge < -0.3 is 10.1 Å². The lowest BCUT2D eigenvalue weighted by Gasteiger charge is -2.11. The van der Waals surface area contributed by atoms with Gasteiger partial charge in [0, 0.05) is 23.8 Å². The van der Waals surface area contributed by atoms with Gasteiger partial charge in [-0.3, -0.25) is 10.1 Å². The van der Waals surface area contributed by atoms with E-state index in [2.05, 4.69) is 31.4 Å². The first kappa shape index (κ1) is 21.3. The van der Waals surface area contributed by atoms with Crippen molar-refractivity contribution in [2.75, 3.05) is 17.7 Å². The zero-order valence-electron chi connectivity index (χ0n) is 16.9. The molecule has 7 nitrogen and oxygen atoms in total. The number of aromatic nitrogens is 2. The average Bonchev–Trinajstić information content (AvgIpc) is 2.72. The molecule has 3 aromatic rings. The molecule has 8 heteroatoms. The first-order valence-electron chi connectivity index (χ1n) is 9.22. The Morgan fingerprint density at radius 3 is 2.50 bits per heavy atom. The molecule has 2 heterocycles. The van der Waals surface area contributed by atoms with Crippen molar-refractivity contribution in [1.82, 2.24) is 9.97 Å². The summed E-state index contributed by atoms with van der Waals surface area (Å²) in [5.41, 5.74) is 4.35. The van der Waals surface area contributed by atoms with E-state index in [1.165, 1.54) is 18.9 Å². The molecule has 0 fully saturated rings. The molecule has 0 radical (unpaired) electrons. The molecule has 0 aliphatic rings. The molecular weight excluding hydrogens is 400 g/mol. The van der Waals surface area contributed by atoms with E-state index in [1.54, 1.807) is 30.6 Å². The van der Waals surface area contributed by atoms with Crippen LogP contribution in [0.15, 0.2) is 59.9 Å². The first-order valence-corrected chi connectivity index (χ1v) is 10.2. The van der Waals surface area contributed by atoms with Crippen LogP contribution in [0.2, 0.25) is 0 Å². The second-order valence-electron chi connectivity index (χ2n) is 6.64. The Morgan fingerprint density at radius 1 is 1.00 bits per heavy atom. The largest absolute Gasteiger partial charge is 0.453 e. The number of methoxy groups -OCH3 is 1. The third-order valence-corrected chi connectivity index (χ3v) is 5.19. The maximum atomic E-state index is 12.8. The fourth-order valence-electron chi connectivity index (χ4n) is 2.86. The van der Waals surface area contributed by atoms with Crippen molar-refractivity contribution in [1.29, 1.82) is 0 Å². The fraction of sp³-hybridized carbons (Fsp3) is 0.182. The van der Waals surface area contributed by atoms with Crippen LogP contribution in [0.3, 0.4) is 0 Å². The molecule has 0 aliphatic heterocycles. The molecule has 0 saturated heterocycles. The van der Waals surface area contributed by atoms with E-state index in [0.29, 0.717) is 22.2 Å². The summed E-state index contributed by atoms with van der Waals surface area (Å²) in [5, 5.41) is 6.11.